The molecule has 5 heteroatoms. The van der Waals surface area contributed by atoms with Gasteiger partial charge in [0.1, 0.15) is 6.61 Å². The molecular formula is C52H82O5. The van der Waals surface area contributed by atoms with Crippen LogP contribution < -0.4 is 0 Å². The molecule has 0 fully saturated rings. The first-order valence-electron chi connectivity index (χ1n) is 22.6. The quantitative estimate of drug-likeness (QED) is 0.0382. The largest absolute Gasteiger partial charge is 0.462 e. The average molecular weight is 787 g/mol. The number of esters is 2. The SMILES string of the molecule is CC/C=C\C/C=C\C/C=C\C/C=C\C/C=C\C/C=C\C/C=C\C/C=C\C/C=C\CCCCCCCC(=O)OC(CO)COC(=O)CCCCCCC/C=C\CCC. The van der Waals surface area contributed by atoms with Crippen molar-refractivity contribution in [3.8, 4) is 0 Å². The molecule has 0 amide bonds. The van der Waals surface area contributed by atoms with Crippen LogP contribution >= 0.6 is 0 Å². The van der Waals surface area contributed by atoms with Crippen molar-refractivity contribution in [3.63, 3.8) is 0 Å². The third kappa shape index (κ3) is 44.9. The van der Waals surface area contributed by atoms with Crippen LogP contribution in [-0.4, -0.2) is 36.4 Å². The van der Waals surface area contributed by atoms with Crippen LogP contribution in [0, 0.1) is 0 Å². The van der Waals surface area contributed by atoms with Gasteiger partial charge in [-0.05, 0) is 103 Å². The van der Waals surface area contributed by atoms with Gasteiger partial charge in [0.25, 0.3) is 0 Å². The van der Waals surface area contributed by atoms with Crippen LogP contribution in [0.1, 0.15) is 174 Å². The Kier molecular flexibility index (Phi) is 43.7. The number of rotatable bonds is 39. The van der Waals surface area contributed by atoms with Gasteiger partial charge in [-0.2, -0.15) is 0 Å². The summed E-state index contributed by atoms with van der Waals surface area (Å²) in [6.45, 7) is 3.91. The summed E-state index contributed by atoms with van der Waals surface area (Å²) in [5.41, 5.74) is 0. The zero-order valence-corrected chi connectivity index (χ0v) is 36.3. The highest BCUT2D eigenvalue weighted by atomic mass is 16.6. The Labute approximate surface area is 350 Å². The number of allylic oxidation sites excluding steroid dienone is 20. The molecule has 0 aromatic rings. The van der Waals surface area contributed by atoms with Crippen LogP contribution in [0.2, 0.25) is 0 Å². The molecule has 1 unspecified atom stereocenters. The number of hydrogen-bond donors (Lipinski definition) is 1. The first-order valence-corrected chi connectivity index (χ1v) is 22.6. The number of carbonyl (C=O) groups is 2. The molecule has 0 aliphatic heterocycles. The summed E-state index contributed by atoms with van der Waals surface area (Å²) in [7, 11) is 0. The van der Waals surface area contributed by atoms with Gasteiger partial charge >= 0.3 is 11.9 Å². The van der Waals surface area contributed by atoms with E-state index in [0.29, 0.717) is 12.8 Å². The number of ether oxygens (including phenoxy) is 2. The summed E-state index contributed by atoms with van der Waals surface area (Å²) < 4.78 is 10.6. The van der Waals surface area contributed by atoms with Crippen LogP contribution in [0.25, 0.3) is 0 Å². The smallest absolute Gasteiger partial charge is 0.306 e. The molecule has 0 aromatic heterocycles. The van der Waals surface area contributed by atoms with E-state index in [4.69, 9.17) is 9.47 Å². The van der Waals surface area contributed by atoms with Crippen LogP contribution in [0.15, 0.2) is 122 Å². The molecule has 0 saturated carbocycles. The lowest BCUT2D eigenvalue weighted by Crippen LogP contribution is -2.28. The van der Waals surface area contributed by atoms with E-state index in [1.54, 1.807) is 0 Å². The molecule has 0 saturated heterocycles. The lowest BCUT2D eigenvalue weighted by Gasteiger charge is -2.15. The minimum atomic E-state index is -0.792. The lowest BCUT2D eigenvalue weighted by atomic mass is 10.1. The first kappa shape index (κ1) is 53.3. The molecule has 0 radical (unpaired) electrons. The molecule has 0 bridgehead atoms. The molecule has 0 spiro atoms. The van der Waals surface area contributed by atoms with E-state index in [2.05, 4.69) is 135 Å². The van der Waals surface area contributed by atoms with E-state index in [-0.39, 0.29) is 25.2 Å². The fourth-order valence-corrected chi connectivity index (χ4v) is 5.61. The predicted molar refractivity (Wildman–Crippen MR) is 246 cm³/mol. The number of carbonyl (C=O) groups excluding carboxylic acids is 2. The summed E-state index contributed by atoms with van der Waals surface area (Å²) in [5.74, 6) is -0.638. The van der Waals surface area contributed by atoms with Crippen molar-refractivity contribution in [2.24, 2.45) is 0 Å². The lowest BCUT2D eigenvalue weighted by molar-refractivity contribution is -0.161. The van der Waals surface area contributed by atoms with Gasteiger partial charge in [-0.1, -0.05) is 180 Å². The second kappa shape index (κ2) is 46.7. The Morgan fingerprint density at radius 1 is 0.421 bits per heavy atom. The van der Waals surface area contributed by atoms with Gasteiger partial charge in [0, 0.05) is 12.8 Å². The molecule has 0 aliphatic rings. The van der Waals surface area contributed by atoms with Crippen molar-refractivity contribution >= 4 is 11.9 Å². The monoisotopic (exact) mass is 787 g/mol. The highest BCUT2D eigenvalue weighted by Gasteiger charge is 2.16. The van der Waals surface area contributed by atoms with E-state index in [9.17, 15) is 14.7 Å². The normalized spacial score (nSPS) is 13.4. The van der Waals surface area contributed by atoms with Gasteiger partial charge in [-0.3, -0.25) is 9.59 Å². The average Bonchev–Trinajstić information content (AvgIpc) is 3.21. The summed E-state index contributed by atoms with van der Waals surface area (Å²) in [5, 5.41) is 9.55. The van der Waals surface area contributed by atoms with Crippen LogP contribution in [0.5, 0.6) is 0 Å². The van der Waals surface area contributed by atoms with Gasteiger partial charge in [-0.15, -0.1) is 0 Å². The molecule has 0 aliphatic carbocycles. The molecule has 57 heavy (non-hydrogen) atoms. The van der Waals surface area contributed by atoms with Crippen LogP contribution in [0.3, 0.4) is 0 Å². The summed E-state index contributed by atoms with van der Waals surface area (Å²) >= 11 is 0. The summed E-state index contributed by atoms with van der Waals surface area (Å²) in [6.07, 6.45) is 68.5. The predicted octanol–water partition coefficient (Wildman–Crippen LogP) is 14.8. The van der Waals surface area contributed by atoms with Gasteiger partial charge in [0.15, 0.2) is 6.10 Å². The van der Waals surface area contributed by atoms with Crippen LogP contribution in [0.4, 0.5) is 0 Å². The molecule has 0 heterocycles. The Bertz CT molecular complexity index is 1210. The fraction of sp³-hybridized carbons (Fsp3) is 0.577. The molecule has 5 nitrogen and oxygen atoms in total. The second-order valence-electron chi connectivity index (χ2n) is 14.4. The molecular weight excluding hydrogens is 705 g/mol. The highest BCUT2D eigenvalue weighted by molar-refractivity contribution is 5.70. The number of unbranched alkanes of at least 4 members (excludes halogenated alkanes) is 11. The van der Waals surface area contributed by atoms with Crippen molar-refractivity contribution < 1.29 is 24.2 Å². The molecule has 1 N–H and O–H groups in total. The van der Waals surface area contributed by atoms with E-state index in [1.165, 1.54) is 19.3 Å². The third-order valence-electron chi connectivity index (χ3n) is 8.97. The van der Waals surface area contributed by atoms with E-state index in [1.807, 2.05) is 0 Å². The third-order valence-corrected chi connectivity index (χ3v) is 8.97. The molecule has 0 rings (SSSR count). The Hall–Kier alpha value is -3.70. The van der Waals surface area contributed by atoms with Crippen molar-refractivity contribution in [1.29, 1.82) is 0 Å². The molecule has 320 valence electrons. The minimum Gasteiger partial charge on any atom is -0.462 e. The standard InChI is InChI=1S/C52H82O5/c1-3-5-7-9-11-13-15-16-17-18-19-20-21-22-23-24-25-26-27-28-29-30-31-32-33-34-35-36-37-39-41-43-45-47-52(55)57-50(48-53)49-56-51(54)46-44-42-40-38-14-12-10-8-6-4-2/h5,7-8,10-11,13,16-17,19-20,22-23,25-26,28-29,31-32,34-35,50,53H,3-4,6,9,12,14-15,18,21,24,27,30,33,36-49H2,1-2H3/b7-5-,10-8-,13-11-,17-16-,20-19-,23-22-,26-25-,29-28-,32-31-,35-34-. The fourth-order valence-electron chi connectivity index (χ4n) is 5.61. The van der Waals surface area contributed by atoms with Gasteiger partial charge in [-0.25, -0.2) is 0 Å². The maximum Gasteiger partial charge on any atom is 0.306 e. The van der Waals surface area contributed by atoms with Crippen molar-refractivity contribution in [2.45, 2.75) is 180 Å². The van der Waals surface area contributed by atoms with Gasteiger partial charge < -0.3 is 14.6 Å². The highest BCUT2D eigenvalue weighted by Crippen LogP contribution is 2.11. The van der Waals surface area contributed by atoms with Gasteiger partial charge in [0.2, 0.25) is 0 Å². The Morgan fingerprint density at radius 3 is 1.16 bits per heavy atom. The maximum absolute atomic E-state index is 12.2. The van der Waals surface area contributed by atoms with Crippen molar-refractivity contribution in [2.75, 3.05) is 13.2 Å². The Balaban J connectivity index is 3.67. The maximum atomic E-state index is 12.2. The minimum absolute atomic E-state index is 0.0861. The summed E-state index contributed by atoms with van der Waals surface area (Å²) in [4.78, 5) is 24.2. The molecule has 0 aromatic carbocycles. The van der Waals surface area contributed by atoms with Crippen LogP contribution in [-0.2, 0) is 19.1 Å². The van der Waals surface area contributed by atoms with Crippen molar-refractivity contribution in [1.82, 2.24) is 0 Å². The van der Waals surface area contributed by atoms with E-state index < -0.39 is 6.10 Å². The van der Waals surface area contributed by atoms with E-state index >= 15 is 0 Å². The Morgan fingerprint density at radius 2 is 0.754 bits per heavy atom. The topological polar surface area (TPSA) is 72.8 Å². The van der Waals surface area contributed by atoms with Crippen molar-refractivity contribution in [3.05, 3.63) is 122 Å². The van der Waals surface area contributed by atoms with E-state index in [0.717, 1.165) is 128 Å². The zero-order chi connectivity index (χ0) is 41.4. The number of hydrogen-bond acceptors (Lipinski definition) is 5. The van der Waals surface area contributed by atoms with Gasteiger partial charge in [0.05, 0.1) is 6.61 Å². The number of aliphatic hydroxyl groups is 1. The first-order chi connectivity index (χ1) is 28.1. The zero-order valence-electron chi connectivity index (χ0n) is 36.3. The molecule has 1 atom stereocenters. The summed E-state index contributed by atoms with van der Waals surface area (Å²) in [6, 6.07) is 0. The number of aliphatic hydroxyl groups excluding tert-OH is 1. The second-order valence-corrected chi connectivity index (χ2v) is 14.4.